The highest BCUT2D eigenvalue weighted by Crippen LogP contribution is 2.32. The lowest BCUT2D eigenvalue weighted by Crippen LogP contribution is -1.95. The average Bonchev–Trinajstić information content (AvgIpc) is 2.84. The van der Waals surface area contributed by atoms with Crippen LogP contribution in [0.1, 0.15) is 54.3 Å². The molecule has 0 aromatic heterocycles. The Hall–Kier alpha value is -2.62. The Morgan fingerprint density at radius 2 is 0.750 bits per heavy atom. The molecule has 2 aromatic rings. The van der Waals surface area contributed by atoms with Gasteiger partial charge in [-0.25, -0.2) is 0 Å². The Morgan fingerprint density at radius 3 is 1.00 bits per heavy atom. The molecule has 4 rings (SSSR count). The Morgan fingerprint density at radius 1 is 0.500 bits per heavy atom. The number of hydrogen-bond donors (Lipinski definition) is 0. The maximum atomic E-state index is 11.7. The summed E-state index contributed by atoms with van der Waals surface area (Å²) in [4.78, 5) is 46.9. The van der Waals surface area contributed by atoms with Crippen molar-refractivity contribution in [2.75, 3.05) is 0 Å². The van der Waals surface area contributed by atoms with Gasteiger partial charge in [-0.3, -0.25) is 19.2 Å². The standard InChI is InChI=1S/C16H8O4/c17-13-5-14(18)10-3-8-4-12-11(15(19)6-16(12)20)2-7(8)1-9(10)13/h1-4H,5-6H2. The number of benzene rings is 2. The van der Waals surface area contributed by atoms with Gasteiger partial charge in [0.1, 0.15) is 0 Å². The quantitative estimate of drug-likeness (QED) is 0.685. The van der Waals surface area contributed by atoms with Crippen LogP contribution >= 0.6 is 0 Å². The van der Waals surface area contributed by atoms with Crippen LogP contribution in [0.5, 0.6) is 0 Å². The minimum atomic E-state index is -0.185. The highest BCUT2D eigenvalue weighted by Gasteiger charge is 2.30. The van der Waals surface area contributed by atoms with Crippen molar-refractivity contribution in [2.24, 2.45) is 0 Å². The first-order chi connectivity index (χ1) is 9.54. The third-order valence-corrected chi connectivity index (χ3v) is 3.96. The fourth-order valence-electron chi connectivity index (χ4n) is 2.95. The summed E-state index contributed by atoms with van der Waals surface area (Å²) in [5.41, 5.74) is 1.66. The second kappa shape index (κ2) is 3.48. The molecule has 0 heterocycles. The zero-order chi connectivity index (χ0) is 14.0. The second-order valence-electron chi connectivity index (χ2n) is 5.19. The molecule has 0 unspecified atom stereocenters. The largest absolute Gasteiger partial charge is 0.294 e. The first-order valence-corrected chi connectivity index (χ1v) is 6.29. The number of rotatable bonds is 0. The summed E-state index contributed by atoms with van der Waals surface area (Å²) in [5.74, 6) is -0.741. The predicted octanol–water partition coefficient (Wildman–Crippen LogP) is 2.38. The van der Waals surface area contributed by atoms with Crippen LogP contribution in [0.3, 0.4) is 0 Å². The van der Waals surface area contributed by atoms with Crippen LogP contribution < -0.4 is 0 Å². The molecule has 0 bridgehead atoms. The van der Waals surface area contributed by atoms with E-state index in [1.54, 1.807) is 24.3 Å². The SMILES string of the molecule is O=C1CC(=O)c2cc3cc4c(cc3cc21)C(=O)CC4=O. The molecule has 0 saturated heterocycles. The van der Waals surface area contributed by atoms with E-state index >= 15 is 0 Å². The molecule has 4 nitrogen and oxygen atoms in total. The first-order valence-electron chi connectivity index (χ1n) is 6.29. The van der Waals surface area contributed by atoms with Crippen molar-refractivity contribution in [3.8, 4) is 0 Å². The second-order valence-corrected chi connectivity index (χ2v) is 5.19. The Bertz CT molecular complexity index is 734. The van der Waals surface area contributed by atoms with Gasteiger partial charge in [0.2, 0.25) is 0 Å². The lowest BCUT2D eigenvalue weighted by atomic mass is 9.98. The molecule has 2 aliphatic carbocycles. The highest BCUT2D eigenvalue weighted by atomic mass is 16.2. The van der Waals surface area contributed by atoms with Crippen molar-refractivity contribution in [1.82, 2.24) is 0 Å². The highest BCUT2D eigenvalue weighted by molar-refractivity contribution is 6.28. The van der Waals surface area contributed by atoms with Gasteiger partial charge in [-0.05, 0) is 35.0 Å². The summed E-state index contributed by atoms with van der Waals surface area (Å²) in [6, 6.07) is 6.59. The molecule has 4 heteroatoms. The van der Waals surface area contributed by atoms with E-state index in [4.69, 9.17) is 0 Å². The van der Waals surface area contributed by atoms with Gasteiger partial charge >= 0.3 is 0 Å². The molecule has 0 fully saturated rings. The number of ketones is 4. The van der Waals surface area contributed by atoms with Crippen molar-refractivity contribution >= 4 is 33.9 Å². The number of Topliss-reactive ketones (excluding diaryl/α,β-unsaturated/α-hetero) is 4. The van der Waals surface area contributed by atoms with Gasteiger partial charge < -0.3 is 0 Å². The number of hydrogen-bond acceptors (Lipinski definition) is 4. The Kier molecular flexibility index (Phi) is 1.95. The van der Waals surface area contributed by atoms with Crippen LogP contribution in [0.2, 0.25) is 0 Å². The number of carbonyl (C=O) groups excluding carboxylic acids is 4. The van der Waals surface area contributed by atoms with E-state index in [0.717, 1.165) is 0 Å². The van der Waals surface area contributed by atoms with Crippen molar-refractivity contribution in [3.05, 3.63) is 46.5 Å². The van der Waals surface area contributed by atoms with E-state index < -0.39 is 0 Å². The van der Waals surface area contributed by atoms with Crippen LogP contribution in [0.25, 0.3) is 10.8 Å². The van der Waals surface area contributed by atoms with E-state index in [-0.39, 0.29) is 36.0 Å². The van der Waals surface area contributed by atoms with E-state index in [0.29, 0.717) is 33.0 Å². The molecule has 96 valence electrons. The van der Waals surface area contributed by atoms with Crippen molar-refractivity contribution in [3.63, 3.8) is 0 Å². The van der Waals surface area contributed by atoms with E-state index in [2.05, 4.69) is 0 Å². The molecular formula is C16H8O4. The molecule has 0 N–H and O–H groups in total. The lowest BCUT2D eigenvalue weighted by Gasteiger charge is -2.04. The molecule has 2 aromatic carbocycles. The molecule has 0 radical (unpaired) electrons. The van der Waals surface area contributed by atoms with Gasteiger partial charge in [0.05, 0.1) is 12.8 Å². The Balaban J connectivity index is 2.07. The minimum absolute atomic E-state index is 0.0940. The third-order valence-electron chi connectivity index (χ3n) is 3.96. The summed E-state index contributed by atoms with van der Waals surface area (Å²) >= 11 is 0. The first kappa shape index (κ1) is 11.2. The zero-order valence-corrected chi connectivity index (χ0v) is 10.4. The van der Waals surface area contributed by atoms with Gasteiger partial charge in [-0.15, -0.1) is 0 Å². The number of carbonyl (C=O) groups is 4. The normalized spacial score (nSPS) is 17.0. The molecule has 0 aliphatic heterocycles. The predicted molar refractivity (Wildman–Crippen MR) is 70.5 cm³/mol. The average molecular weight is 264 g/mol. The van der Waals surface area contributed by atoms with Crippen LogP contribution in [-0.4, -0.2) is 23.1 Å². The summed E-state index contributed by atoms with van der Waals surface area (Å²) in [7, 11) is 0. The van der Waals surface area contributed by atoms with Gasteiger partial charge in [0.15, 0.2) is 23.1 Å². The molecule has 0 saturated carbocycles. The van der Waals surface area contributed by atoms with Crippen LogP contribution in [-0.2, 0) is 0 Å². The van der Waals surface area contributed by atoms with Crippen molar-refractivity contribution < 1.29 is 19.2 Å². The topological polar surface area (TPSA) is 68.3 Å². The van der Waals surface area contributed by atoms with E-state index in [1.807, 2.05) is 0 Å². The lowest BCUT2D eigenvalue weighted by molar-refractivity contribution is 0.0907. The summed E-state index contributed by atoms with van der Waals surface area (Å²) < 4.78 is 0. The maximum absolute atomic E-state index is 11.7. The van der Waals surface area contributed by atoms with E-state index in [9.17, 15) is 19.2 Å². The zero-order valence-electron chi connectivity index (χ0n) is 10.4. The molecule has 0 amide bonds. The van der Waals surface area contributed by atoms with Crippen LogP contribution in [0.15, 0.2) is 24.3 Å². The van der Waals surface area contributed by atoms with Crippen LogP contribution in [0.4, 0.5) is 0 Å². The third kappa shape index (κ3) is 1.30. The smallest absolute Gasteiger partial charge is 0.171 e. The summed E-state index contributed by atoms with van der Waals surface area (Å²) in [5, 5.41) is 1.43. The van der Waals surface area contributed by atoms with E-state index in [1.165, 1.54) is 0 Å². The maximum Gasteiger partial charge on any atom is 0.171 e. The summed E-state index contributed by atoms with van der Waals surface area (Å²) in [6.07, 6.45) is -0.188. The molecule has 2 aliphatic rings. The Labute approximate surface area is 113 Å². The molecule has 0 atom stereocenters. The molecular weight excluding hydrogens is 256 g/mol. The number of fused-ring (bicyclic) bond motifs is 3. The summed E-state index contributed by atoms with van der Waals surface area (Å²) in [6.45, 7) is 0. The van der Waals surface area contributed by atoms with Gasteiger partial charge in [0.25, 0.3) is 0 Å². The van der Waals surface area contributed by atoms with Gasteiger partial charge in [-0.1, -0.05) is 0 Å². The fourth-order valence-corrected chi connectivity index (χ4v) is 2.95. The van der Waals surface area contributed by atoms with Crippen molar-refractivity contribution in [2.45, 2.75) is 12.8 Å². The van der Waals surface area contributed by atoms with Gasteiger partial charge in [0, 0.05) is 22.3 Å². The minimum Gasteiger partial charge on any atom is -0.294 e. The molecule has 20 heavy (non-hydrogen) atoms. The van der Waals surface area contributed by atoms with Crippen molar-refractivity contribution in [1.29, 1.82) is 0 Å². The van der Waals surface area contributed by atoms with Crippen LogP contribution in [0, 0.1) is 0 Å². The monoisotopic (exact) mass is 264 g/mol. The molecule has 0 spiro atoms. The fraction of sp³-hybridized carbons (Fsp3) is 0.125. The van der Waals surface area contributed by atoms with Gasteiger partial charge in [-0.2, -0.15) is 0 Å².